The number of hydrogen-bond acceptors (Lipinski definition) is 8. The summed E-state index contributed by atoms with van der Waals surface area (Å²) >= 11 is 0. The van der Waals surface area contributed by atoms with Gasteiger partial charge in [0, 0.05) is 18.0 Å². The number of carbonyl (C=O) groups is 1. The molecular formula is C22H24N4O6S. The van der Waals surface area contributed by atoms with E-state index in [-0.39, 0.29) is 33.9 Å². The van der Waals surface area contributed by atoms with Crippen LogP contribution in [0, 0.1) is 0 Å². The number of nitrogens with zero attached hydrogens (tertiary/aromatic N) is 3. The third-order valence-corrected chi connectivity index (χ3v) is 6.68. The first-order valence-corrected chi connectivity index (χ1v) is 11.7. The highest BCUT2D eigenvalue weighted by Crippen LogP contribution is 2.48. The van der Waals surface area contributed by atoms with Gasteiger partial charge in [-0.3, -0.25) is 9.48 Å². The van der Waals surface area contributed by atoms with Crippen molar-refractivity contribution < 1.29 is 27.4 Å². The molecule has 0 atom stereocenters. The molecule has 33 heavy (non-hydrogen) atoms. The van der Waals surface area contributed by atoms with Crippen molar-refractivity contribution in [2.45, 2.75) is 30.2 Å². The molecule has 2 aromatic heterocycles. The van der Waals surface area contributed by atoms with Crippen LogP contribution in [0.3, 0.4) is 0 Å². The fourth-order valence-corrected chi connectivity index (χ4v) is 4.90. The molecule has 1 fully saturated rings. The van der Waals surface area contributed by atoms with Crippen molar-refractivity contribution in [2.24, 2.45) is 0 Å². The summed E-state index contributed by atoms with van der Waals surface area (Å²) in [6.45, 7) is 0.381. The molecule has 1 aromatic carbocycles. The number of hydrogen-bond donors (Lipinski definition) is 1. The number of nitrogens with one attached hydrogen (secondary N) is 1. The van der Waals surface area contributed by atoms with Gasteiger partial charge in [-0.1, -0.05) is 6.07 Å². The number of pyridine rings is 1. The fraction of sp³-hybridized carbons (Fsp3) is 0.318. The van der Waals surface area contributed by atoms with Crippen molar-refractivity contribution in [1.82, 2.24) is 19.5 Å². The summed E-state index contributed by atoms with van der Waals surface area (Å²) in [5.41, 5.74) is 1.34. The van der Waals surface area contributed by atoms with Crippen molar-refractivity contribution in [3.63, 3.8) is 0 Å². The zero-order valence-corrected chi connectivity index (χ0v) is 19.3. The number of rotatable bonds is 9. The van der Waals surface area contributed by atoms with E-state index in [1.54, 1.807) is 41.3 Å². The van der Waals surface area contributed by atoms with Crippen LogP contribution in [-0.2, 0) is 16.6 Å². The van der Waals surface area contributed by atoms with Crippen molar-refractivity contribution in [1.29, 1.82) is 0 Å². The van der Waals surface area contributed by atoms with Crippen LogP contribution in [0.15, 0.2) is 47.6 Å². The molecule has 1 aliphatic carbocycles. The molecule has 1 amide bonds. The average molecular weight is 473 g/mol. The Kier molecular flexibility index (Phi) is 6.23. The van der Waals surface area contributed by atoms with Crippen LogP contribution in [0.25, 0.3) is 0 Å². The molecule has 0 spiro atoms. The fourth-order valence-electron chi connectivity index (χ4n) is 3.59. The van der Waals surface area contributed by atoms with Gasteiger partial charge in [0.25, 0.3) is 15.9 Å². The van der Waals surface area contributed by atoms with Crippen LogP contribution < -0.4 is 18.9 Å². The third-order valence-electron chi connectivity index (χ3n) is 5.30. The summed E-state index contributed by atoms with van der Waals surface area (Å²) in [5, 5.41) is 4.13. The van der Waals surface area contributed by atoms with Crippen LogP contribution >= 0.6 is 0 Å². The van der Waals surface area contributed by atoms with Crippen molar-refractivity contribution in [3.05, 3.63) is 59.5 Å². The Hall–Kier alpha value is -3.60. The summed E-state index contributed by atoms with van der Waals surface area (Å²) in [5.74, 6) is -0.223. The first-order chi connectivity index (χ1) is 15.9. The molecule has 0 radical (unpaired) electrons. The first kappa shape index (κ1) is 22.6. The minimum atomic E-state index is -4.34. The average Bonchev–Trinajstić information content (AvgIpc) is 3.53. The quantitative estimate of drug-likeness (QED) is 0.504. The predicted molar refractivity (Wildman–Crippen MR) is 118 cm³/mol. The monoisotopic (exact) mass is 472 g/mol. The smallest absolute Gasteiger partial charge is 0.283 e. The minimum absolute atomic E-state index is 0.0802. The Labute approximate surface area is 191 Å². The van der Waals surface area contributed by atoms with Crippen LogP contribution in [0.5, 0.6) is 17.4 Å². The first-order valence-electron chi connectivity index (χ1n) is 10.2. The molecule has 0 saturated heterocycles. The highest BCUT2D eigenvalue weighted by molar-refractivity contribution is 7.90. The molecule has 1 saturated carbocycles. The second kappa shape index (κ2) is 9.10. The van der Waals surface area contributed by atoms with Crippen LogP contribution in [0.4, 0.5) is 0 Å². The van der Waals surface area contributed by atoms with Crippen molar-refractivity contribution in [2.75, 3.05) is 21.3 Å². The van der Waals surface area contributed by atoms with Gasteiger partial charge in [-0.15, -0.1) is 0 Å². The van der Waals surface area contributed by atoms with Gasteiger partial charge in [0.1, 0.15) is 17.2 Å². The number of amides is 1. The van der Waals surface area contributed by atoms with E-state index in [9.17, 15) is 13.2 Å². The Morgan fingerprint density at radius 2 is 1.91 bits per heavy atom. The maximum Gasteiger partial charge on any atom is 0.283 e. The Balaban J connectivity index is 1.64. The van der Waals surface area contributed by atoms with Gasteiger partial charge in [-0.2, -0.15) is 5.10 Å². The number of methoxy groups -OCH3 is 3. The van der Waals surface area contributed by atoms with Gasteiger partial charge in [-0.25, -0.2) is 18.1 Å². The molecule has 4 rings (SSSR count). The second-order valence-electron chi connectivity index (χ2n) is 7.50. The number of aromatic nitrogens is 3. The lowest BCUT2D eigenvalue weighted by molar-refractivity contribution is 0.0975. The number of sulfonamides is 1. The van der Waals surface area contributed by atoms with Gasteiger partial charge >= 0.3 is 0 Å². The third kappa shape index (κ3) is 4.63. The molecule has 2 heterocycles. The molecule has 10 nitrogen and oxygen atoms in total. The molecule has 11 heteroatoms. The van der Waals surface area contributed by atoms with E-state index in [1.807, 2.05) is 0 Å². The largest absolute Gasteiger partial charge is 0.495 e. The molecule has 3 aromatic rings. The van der Waals surface area contributed by atoms with Gasteiger partial charge in [-0.05, 0) is 48.6 Å². The Morgan fingerprint density at radius 1 is 1.12 bits per heavy atom. The SMILES string of the molecule is COc1ccc(C2CC2)c(OC)c1S(=O)(=O)NC(=O)c1ccc(Cn2cccn2)c(OC)n1. The number of ether oxygens (including phenoxy) is 3. The van der Waals surface area contributed by atoms with E-state index in [4.69, 9.17) is 14.2 Å². The van der Waals surface area contributed by atoms with Crippen LogP contribution in [0.2, 0.25) is 0 Å². The lowest BCUT2D eigenvalue weighted by atomic mass is 10.1. The van der Waals surface area contributed by atoms with Gasteiger partial charge < -0.3 is 14.2 Å². The Morgan fingerprint density at radius 3 is 2.52 bits per heavy atom. The van der Waals surface area contributed by atoms with E-state index in [0.29, 0.717) is 12.1 Å². The maximum absolute atomic E-state index is 13.2. The summed E-state index contributed by atoms with van der Waals surface area (Å²) in [6, 6.07) is 8.22. The zero-order chi connectivity index (χ0) is 23.6. The van der Waals surface area contributed by atoms with Crippen molar-refractivity contribution >= 4 is 15.9 Å². The highest BCUT2D eigenvalue weighted by atomic mass is 32.2. The van der Waals surface area contributed by atoms with E-state index in [2.05, 4.69) is 14.8 Å². The van der Waals surface area contributed by atoms with Crippen LogP contribution in [-0.4, -0.2) is 50.4 Å². The minimum Gasteiger partial charge on any atom is -0.495 e. The molecule has 0 bridgehead atoms. The molecule has 0 aliphatic heterocycles. The molecule has 0 unspecified atom stereocenters. The van der Waals surface area contributed by atoms with Crippen LogP contribution in [0.1, 0.15) is 40.4 Å². The predicted octanol–water partition coefficient (Wildman–Crippen LogP) is 2.35. The summed E-state index contributed by atoms with van der Waals surface area (Å²) in [7, 11) is -0.160. The summed E-state index contributed by atoms with van der Waals surface area (Å²) in [4.78, 5) is 16.8. The van der Waals surface area contributed by atoms with E-state index in [1.165, 1.54) is 27.4 Å². The standard InChI is InChI=1S/C22H24N4O6S/c1-30-18-10-8-16(14-5-6-14)19(31-2)20(18)33(28,29)25-21(27)17-9-7-15(22(24-17)32-3)13-26-12-4-11-23-26/h4,7-12,14H,5-6,13H2,1-3H3,(H,25,27). The normalized spacial score (nSPS) is 13.4. The highest BCUT2D eigenvalue weighted by Gasteiger charge is 2.34. The molecule has 174 valence electrons. The van der Waals surface area contributed by atoms with Gasteiger partial charge in [0.2, 0.25) is 5.88 Å². The van der Waals surface area contributed by atoms with E-state index in [0.717, 1.165) is 18.4 Å². The Bertz CT molecular complexity index is 1270. The topological polar surface area (TPSA) is 122 Å². The van der Waals surface area contributed by atoms with Gasteiger partial charge in [0.15, 0.2) is 4.90 Å². The molecule has 1 aliphatic rings. The van der Waals surface area contributed by atoms with Gasteiger partial charge in [0.05, 0.1) is 27.9 Å². The van der Waals surface area contributed by atoms with E-state index >= 15 is 0 Å². The van der Waals surface area contributed by atoms with Crippen molar-refractivity contribution in [3.8, 4) is 17.4 Å². The lowest BCUT2D eigenvalue weighted by Crippen LogP contribution is -2.32. The molecular weight excluding hydrogens is 448 g/mol. The zero-order valence-electron chi connectivity index (χ0n) is 18.4. The van der Waals surface area contributed by atoms with E-state index < -0.39 is 15.9 Å². The molecule has 1 N–H and O–H groups in total. The lowest BCUT2D eigenvalue weighted by Gasteiger charge is -2.17. The maximum atomic E-state index is 13.2. The number of carbonyl (C=O) groups excluding carboxylic acids is 1. The summed E-state index contributed by atoms with van der Waals surface area (Å²) in [6.07, 6.45) is 5.32. The summed E-state index contributed by atoms with van der Waals surface area (Å²) < 4.78 is 46.2. The number of benzene rings is 1. The second-order valence-corrected chi connectivity index (χ2v) is 9.12.